The Hall–Kier alpha value is 0. The van der Waals surface area contributed by atoms with Crippen molar-refractivity contribution in [2.24, 2.45) is 131 Å². The molecule has 12 rings (SSSR count). The van der Waals surface area contributed by atoms with Gasteiger partial charge in [0, 0.05) is 0 Å². The van der Waals surface area contributed by atoms with E-state index >= 15 is 0 Å². The number of rotatable bonds is 4. The molecule has 0 amide bonds. The van der Waals surface area contributed by atoms with Crippen molar-refractivity contribution in [2.75, 3.05) is 0 Å². The topological polar surface area (TPSA) is 0 Å². The first kappa shape index (κ1) is 67.5. The maximum Gasteiger partial charge on any atom is -0.0288 e. The zero-order valence-electron chi connectivity index (χ0n) is 57.4. The lowest BCUT2D eigenvalue weighted by atomic mass is 9.57. The van der Waals surface area contributed by atoms with Crippen LogP contribution in [0.2, 0.25) is 0 Å². The number of hydrogen-bond acceptors (Lipinski definition) is 0. The summed E-state index contributed by atoms with van der Waals surface area (Å²) in [4.78, 5) is 0. The maximum atomic E-state index is 2.49. The van der Waals surface area contributed by atoms with Crippen LogP contribution < -0.4 is 0 Å². The summed E-state index contributed by atoms with van der Waals surface area (Å²) in [6, 6.07) is 0. The third-order valence-corrected chi connectivity index (χ3v) is 27.8. The van der Waals surface area contributed by atoms with Crippen LogP contribution in [0.1, 0.15) is 348 Å². The first-order valence-corrected chi connectivity index (χ1v) is 34.0. The van der Waals surface area contributed by atoms with E-state index in [1.54, 1.807) is 32.1 Å². The van der Waals surface area contributed by atoms with Crippen molar-refractivity contribution in [2.45, 2.75) is 348 Å². The molecular weight excluding hydrogens is 901 g/mol. The van der Waals surface area contributed by atoms with Crippen molar-refractivity contribution < 1.29 is 0 Å². The van der Waals surface area contributed by atoms with Gasteiger partial charge < -0.3 is 0 Å². The highest BCUT2D eigenvalue weighted by atomic mass is 14.6. The lowest BCUT2D eigenvalue weighted by Crippen LogP contribution is -2.38. The summed E-state index contributed by atoms with van der Waals surface area (Å²) in [6.45, 7) is 67.8. The summed E-state index contributed by atoms with van der Waals surface area (Å²) >= 11 is 0. The lowest BCUT2D eigenvalue weighted by molar-refractivity contribution is 0.0209. The molecule has 6 bridgehead atoms. The van der Waals surface area contributed by atoms with E-state index in [1.165, 1.54) is 122 Å². The summed E-state index contributed by atoms with van der Waals surface area (Å²) in [5, 5.41) is 0. The van der Waals surface area contributed by atoms with Crippen molar-refractivity contribution in [3.05, 3.63) is 0 Å². The van der Waals surface area contributed by atoms with Crippen LogP contribution in [0.25, 0.3) is 0 Å². The fourth-order valence-corrected chi connectivity index (χ4v) is 20.9. The predicted molar refractivity (Wildman–Crippen MR) is 338 cm³/mol. The second-order valence-corrected chi connectivity index (χ2v) is 37.0. The SMILES string of the molecule is CC(C)C1C(C)(C)CCC1(C)C.CCC1(C)CC(C)(C)C(C)(C)C1.CCC1C(C)(C)CCC1(C)C.CCC1CC(C)(C)C(C)(C)C1.C[C@@H]1C2CCC(C2)C1(C)C.C[C@H]1CC2CCC1(C)CC2.C[C@H]1CC2CCC1CC2. The molecule has 12 aliphatic rings. The van der Waals surface area contributed by atoms with Gasteiger partial charge in [-0.25, -0.2) is 0 Å². The van der Waals surface area contributed by atoms with Crippen LogP contribution in [0.5, 0.6) is 0 Å². The first-order chi connectivity index (χ1) is 34.0. The van der Waals surface area contributed by atoms with Crippen molar-refractivity contribution in [1.82, 2.24) is 0 Å². The monoisotopic (exact) mass is 1050 g/mol. The minimum Gasteiger partial charge on any atom is -0.0651 e. The Morgan fingerprint density at radius 2 is 0.853 bits per heavy atom. The molecule has 0 aromatic rings. The zero-order chi connectivity index (χ0) is 57.4. The Kier molecular flexibility index (Phi) is 22.4. The second-order valence-electron chi connectivity index (χ2n) is 37.0. The molecule has 12 saturated carbocycles. The average Bonchev–Trinajstić information content (AvgIpc) is 4.06. The Labute approximate surface area is 476 Å². The van der Waals surface area contributed by atoms with Crippen LogP contribution in [-0.4, -0.2) is 0 Å². The van der Waals surface area contributed by atoms with Crippen LogP contribution in [-0.2, 0) is 0 Å². The van der Waals surface area contributed by atoms with E-state index in [0.717, 1.165) is 76.4 Å². The molecule has 0 nitrogen and oxygen atoms in total. The van der Waals surface area contributed by atoms with E-state index in [-0.39, 0.29) is 0 Å². The minimum atomic E-state index is 0.526. The van der Waals surface area contributed by atoms with Gasteiger partial charge in [-0.2, -0.15) is 0 Å². The summed E-state index contributed by atoms with van der Waals surface area (Å²) in [5.41, 5.74) is 6.52. The van der Waals surface area contributed by atoms with Crippen molar-refractivity contribution in [3.63, 3.8) is 0 Å². The molecule has 0 N–H and O–H groups in total. The van der Waals surface area contributed by atoms with Gasteiger partial charge in [-0.15, -0.1) is 0 Å². The highest BCUT2D eigenvalue weighted by Gasteiger charge is 2.53. The smallest absolute Gasteiger partial charge is 0.0288 e. The van der Waals surface area contributed by atoms with E-state index in [9.17, 15) is 0 Å². The largest absolute Gasteiger partial charge is 0.0651 e. The molecule has 12 aliphatic carbocycles. The standard InChI is InChI=1S/2C12H24.2C11H22.2C10H18.C9H16/c1-9(2)10-11(3,4)7-8-12(10,5)6;1-7-12(6)8-10(2,3)11(4,5)9-12;1-6-9-7-10(2,3)11(4,5)8-9;1-6-9-10(2,3)7-8-11(9,4)5;1-7-8-4-5-9(6-8)10(7,2)3;1-8-7-9-3-5-10(8,2)6-4-9;1-7-6-8-2-4-9(7)5-3-8/h9-10H,7-8H2,1-6H3;7-9H2,1-6H3;2*9H,6-8H2,1-5H3;7-9H,4-6H2,1-3H3;8-9H,3-7H2,1-2H3;7-9H,2-6H2,1H3/t;;;;7-,8?,9?;8-,9?,10?;7-,8?,9?/m....100/s1. The zero-order valence-corrected chi connectivity index (χ0v) is 57.4. The van der Waals surface area contributed by atoms with Crippen LogP contribution >= 0.6 is 0 Å². The Bertz CT molecular complexity index is 1630. The van der Waals surface area contributed by atoms with Gasteiger partial charge in [0.2, 0.25) is 0 Å². The van der Waals surface area contributed by atoms with Gasteiger partial charge in [-0.1, -0.05) is 226 Å². The molecule has 0 spiro atoms. The average molecular weight is 1050 g/mol. The summed E-state index contributed by atoms with van der Waals surface area (Å²) in [6.07, 6.45) is 35.3. The van der Waals surface area contributed by atoms with Crippen molar-refractivity contribution in [1.29, 1.82) is 0 Å². The van der Waals surface area contributed by atoms with Gasteiger partial charge >= 0.3 is 0 Å². The van der Waals surface area contributed by atoms with Crippen LogP contribution in [0.15, 0.2) is 0 Å². The third-order valence-electron chi connectivity index (χ3n) is 27.8. The number of fused-ring (bicyclic) bond motifs is 8. The minimum absolute atomic E-state index is 0.526. The fraction of sp³-hybridized carbons (Fsp3) is 1.00. The first-order valence-electron chi connectivity index (χ1n) is 34.0. The second kappa shape index (κ2) is 24.8. The molecule has 444 valence electrons. The molecule has 0 radical (unpaired) electrons. The molecule has 0 heterocycles. The molecule has 0 aromatic carbocycles. The Balaban J connectivity index is 0.000000189. The van der Waals surface area contributed by atoms with Crippen molar-refractivity contribution in [3.8, 4) is 0 Å². The van der Waals surface area contributed by atoms with Crippen LogP contribution in [0.3, 0.4) is 0 Å². The van der Waals surface area contributed by atoms with E-state index in [2.05, 4.69) is 194 Å². The van der Waals surface area contributed by atoms with Gasteiger partial charge in [-0.3, -0.25) is 0 Å². The van der Waals surface area contributed by atoms with Gasteiger partial charge in [0.1, 0.15) is 0 Å². The lowest BCUT2D eigenvalue weighted by Gasteiger charge is -2.49. The summed E-state index contributed by atoms with van der Waals surface area (Å²) in [7, 11) is 0. The van der Waals surface area contributed by atoms with Gasteiger partial charge in [0.15, 0.2) is 0 Å². The van der Waals surface area contributed by atoms with Gasteiger partial charge in [0.05, 0.1) is 0 Å². The quantitative estimate of drug-likeness (QED) is 0.263. The van der Waals surface area contributed by atoms with Gasteiger partial charge in [0.25, 0.3) is 0 Å². The normalized spacial score (nSPS) is 37.7. The van der Waals surface area contributed by atoms with E-state index in [4.69, 9.17) is 0 Å². The molecule has 2 unspecified atom stereocenters. The highest BCUT2D eigenvalue weighted by molar-refractivity contribution is 5.03. The molecule has 0 heteroatoms. The molecule has 0 aromatic heterocycles. The summed E-state index contributed by atoms with van der Waals surface area (Å²) < 4.78 is 0. The van der Waals surface area contributed by atoms with Crippen LogP contribution in [0, 0.1) is 131 Å². The van der Waals surface area contributed by atoms with E-state index < -0.39 is 0 Å². The third kappa shape index (κ3) is 16.2. The summed E-state index contributed by atoms with van der Waals surface area (Å²) in [5.74, 6) is 12.2. The number of hydrogen-bond donors (Lipinski definition) is 0. The molecule has 12 fully saturated rings. The molecule has 0 aliphatic heterocycles. The molecule has 5 atom stereocenters. The molecular formula is C75H144. The van der Waals surface area contributed by atoms with Crippen molar-refractivity contribution >= 4 is 0 Å². The highest BCUT2D eigenvalue weighted by Crippen LogP contribution is 2.62. The van der Waals surface area contributed by atoms with Gasteiger partial charge in [-0.05, 0) is 253 Å². The Morgan fingerprint density at radius 3 is 1.07 bits per heavy atom. The van der Waals surface area contributed by atoms with Crippen LogP contribution in [0.4, 0.5) is 0 Å². The fourth-order valence-electron chi connectivity index (χ4n) is 20.9. The maximum absolute atomic E-state index is 2.49. The molecule has 0 saturated heterocycles. The Morgan fingerprint density at radius 1 is 0.427 bits per heavy atom. The molecule has 75 heavy (non-hydrogen) atoms. The van der Waals surface area contributed by atoms with E-state index in [1.807, 2.05) is 0 Å². The predicted octanol–water partition coefficient (Wildman–Crippen LogP) is 25.2. The van der Waals surface area contributed by atoms with E-state index in [0.29, 0.717) is 54.1 Å².